The minimum Gasteiger partial charge on any atom is -0.486 e. The molecule has 0 aliphatic heterocycles. The fraction of sp³-hybridized carbons (Fsp3) is 0.222. The van der Waals surface area contributed by atoms with Gasteiger partial charge in [0.25, 0.3) is 5.91 Å². The van der Waals surface area contributed by atoms with Crippen LogP contribution in [-0.4, -0.2) is 22.2 Å². The van der Waals surface area contributed by atoms with Gasteiger partial charge in [0.1, 0.15) is 23.9 Å². The van der Waals surface area contributed by atoms with Crippen LogP contribution >= 0.6 is 15.9 Å². The fourth-order valence-electron chi connectivity index (χ4n) is 2.25. The second-order valence-electron chi connectivity index (χ2n) is 5.54. The molecule has 0 spiro atoms. The first-order valence-corrected chi connectivity index (χ1v) is 8.83. The predicted molar refractivity (Wildman–Crippen MR) is 96.3 cm³/mol. The van der Waals surface area contributed by atoms with Gasteiger partial charge in [-0.3, -0.25) is 9.48 Å². The van der Waals surface area contributed by atoms with Crippen molar-refractivity contribution in [3.8, 4) is 5.75 Å². The van der Waals surface area contributed by atoms with Crippen LogP contribution in [0.3, 0.4) is 0 Å². The Morgan fingerprint density at radius 3 is 2.81 bits per heavy atom. The van der Waals surface area contributed by atoms with Crippen LogP contribution in [0.5, 0.6) is 5.75 Å². The third-order valence-electron chi connectivity index (χ3n) is 3.53. The molecule has 2 aromatic heterocycles. The Hall–Kier alpha value is -2.61. The van der Waals surface area contributed by atoms with Crippen molar-refractivity contribution in [2.24, 2.45) is 0 Å². The molecule has 0 radical (unpaired) electrons. The second kappa shape index (κ2) is 8.66. The summed E-state index contributed by atoms with van der Waals surface area (Å²) in [6.45, 7) is 1.38. The summed E-state index contributed by atoms with van der Waals surface area (Å²) in [5.41, 5.74) is 0. The maximum atomic E-state index is 12.8. The van der Waals surface area contributed by atoms with Crippen LogP contribution in [0, 0.1) is 5.82 Å². The lowest BCUT2D eigenvalue weighted by Crippen LogP contribution is -2.24. The van der Waals surface area contributed by atoms with Crippen LogP contribution in [0.25, 0.3) is 0 Å². The van der Waals surface area contributed by atoms with E-state index in [0.29, 0.717) is 24.6 Å². The first-order chi connectivity index (χ1) is 12.6. The van der Waals surface area contributed by atoms with Crippen LogP contribution in [-0.2, 0) is 13.2 Å². The normalized spacial score (nSPS) is 10.7. The average Bonchev–Trinajstić information content (AvgIpc) is 3.27. The molecule has 0 saturated carbocycles. The van der Waals surface area contributed by atoms with Gasteiger partial charge in [-0.2, -0.15) is 5.10 Å². The Bertz CT molecular complexity index is 861. The number of benzene rings is 1. The molecule has 26 heavy (non-hydrogen) atoms. The number of aromatic nitrogens is 2. The number of hydrogen-bond acceptors (Lipinski definition) is 4. The van der Waals surface area contributed by atoms with Crippen molar-refractivity contribution in [3.05, 3.63) is 70.6 Å². The zero-order valence-corrected chi connectivity index (χ0v) is 15.4. The quantitative estimate of drug-likeness (QED) is 0.561. The number of rotatable bonds is 8. The summed E-state index contributed by atoms with van der Waals surface area (Å²) in [7, 11) is 0. The highest BCUT2D eigenvalue weighted by Gasteiger charge is 2.11. The zero-order chi connectivity index (χ0) is 18.4. The molecule has 0 aliphatic carbocycles. The monoisotopic (exact) mass is 421 g/mol. The predicted octanol–water partition coefficient (Wildman–Crippen LogP) is 3.78. The Kier molecular flexibility index (Phi) is 6.06. The van der Waals surface area contributed by atoms with Crippen molar-refractivity contribution in [2.75, 3.05) is 6.54 Å². The molecule has 2 heterocycles. The van der Waals surface area contributed by atoms with Gasteiger partial charge in [-0.15, -0.1) is 0 Å². The summed E-state index contributed by atoms with van der Waals surface area (Å²) in [5.74, 6) is 0.665. The molecular weight excluding hydrogens is 405 g/mol. The van der Waals surface area contributed by atoms with E-state index in [1.165, 1.54) is 24.3 Å². The molecule has 3 rings (SSSR count). The first kappa shape index (κ1) is 18.2. The molecule has 0 bridgehead atoms. The van der Waals surface area contributed by atoms with Gasteiger partial charge in [0, 0.05) is 19.3 Å². The third kappa shape index (κ3) is 5.19. The SMILES string of the molecule is O=C(NCCCn1cc(Br)cn1)c1ccc(COc2ccc(F)cc2)o1. The number of amides is 1. The minimum atomic E-state index is -0.325. The van der Waals surface area contributed by atoms with Gasteiger partial charge in [-0.05, 0) is 58.7 Å². The highest BCUT2D eigenvalue weighted by atomic mass is 79.9. The first-order valence-electron chi connectivity index (χ1n) is 8.03. The van der Waals surface area contributed by atoms with E-state index in [4.69, 9.17) is 9.15 Å². The maximum absolute atomic E-state index is 12.8. The van der Waals surface area contributed by atoms with Crippen molar-refractivity contribution < 1.29 is 18.3 Å². The van der Waals surface area contributed by atoms with Crippen LogP contribution in [0.1, 0.15) is 22.7 Å². The number of carbonyl (C=O) groups excluding carboxylic acids is 1. The van der Waals surface area contributed by atoms with Gasteiger partial charge in [0.05, 0.1) is 10.7 Å². The molecule has 1 N–H and O–H groups in total. The lowest BCUT2D eigenvalue weighted by atomic mass is 10.3. The number of hydrogen-bond donors (Lipinski definition) is 1. The van der Waals surface area contributed by atoms with E-state index in [9.17, 15) is 9.18 Å². The van der Waals surface area contributed by atoms with Gasteiger partial charge in [0.2, 0.25) is 0 Å². The lowest BCUT2D eigenvalue weighted by molar-refractivity contribution is 0.0921. The zero-order valence-electron chi connectivity index (χ0n) is 13.8. The Morgan fingerprint density at radius 1 is 1.27 bits per heavy atom. The molecule has 0 saturated heterocycles. The number of furan rings is 1. The Labute approximate surface area is 158 Å². The molecule has 0 aliphatic rings. The van der Waals surface area contributed by atoms with Crippen molar-refractivity contribution >= 4 is 21.8 Å². The fourth-order valence-corrected chi connectivity index (χ4v) is 2.58. The second-order valence-corrected chi connectivity index (χ2v) is 6.46. The van der Waals surface area contributed by atoms with Crippen molar-refractivity contribution in [3.63, 3.8) is 0 Å². The molecule has 136 valence electrons. The molecule has 0 unspecified atom stereocenters. The van der Waals surface area contributed by atoms with Crippen molar-refractivity contribution in [1.82, 2.24) is 15.1 Å². The minimum absolute atomic E-state index is 0.160. The highest BCUT2D eigenvalue weighted by molar-refractivity contribution is 9.10. The van der Waals surface area contributed by atoms with Crippen LogP contribution in [0.15, 0.2) is 57.7 Å². The maximum Gasteiger partial charge on any atom is 0.286 e. The van der Waals surface area contributed by atoms with Crippen molar-refractivity contribution in [2.45, 2.75) is 19.6 Å². The Balaban J connectivity index is 1.41. The number of carbonyl (C=O) groups is 1. The number of halogens is 2. The molecule has 6 nitrogen and oxygen atoms in total. The van der Waals surface area contributed by atoms with E-state index in [0.717, 1.165) is 10.9 Å². The molecule has 0 atom stereocenters. The van der Waals surface area contributed by atoms with E-state index < -0.39 is 0 Å². The summed E-state index contributed by atoms with van der Waals surface area (Å²) >= 11 is 3.34. The smallest absolute Gasteiger partial charge is 0.286 e. The van der Waals surface area contributed by atoms with E-state index in [2.05, 4.69) is 26.3 Å². The van der Waals surface area contributed by atoms with Gasteiger partial charge in [-0.25, -0.2) is 4.39 Å². The van der Waals surface area contributed by atoms with Crippen LogP contribution < -0.4 is 10.1 Å². The van der Waals surface area contributed by atoms with Gasteiger partial charge in [0.15, 0.2) is 5.76 Å². The standard InChI is InChI=1S/C18H17BrFN3O3/c19-13-10-22-23(11-13)9-1-8-21-18(24)17-7-6-16(26-17)12-25-15-4-2-14(20)3-5-15/h2-7,10-11H,1,8-9,12H2,(H,21,24). The van der Waals surface area contributed by atoms with Gasteiger partial charge < -0.3 is 14.5 Å². The average molecular weight is 422 g/mol. The largest absolute Gasteiger partial charge is 0.486 e. The van der Waals surface area contributed by atoms with Gasteiger partial charge in [-0.1, -0.05) is 0 Å². The summed E-state index contributed by atoms with van der Waals surface area (Å²) < 4.78 is 26.5. The molecule has 0 fully saturated rings. The topological polar surface area (TPSA) is 69.3 Å². The van der Waals surface area contributed by atoms with E-state index in [1.54, 1.807) is 23.0 Å². The van der Waals surface area contributed by atoms with E-state index in [-0.39, 0.29) is 24.1 Å². The molecule has 1 amide bonds. The Morgan fingerprint density at radius 2 is 2.08 bits per heavy atom. The van der Waals surface area contributed by atoms with Crippen LogP contribution in [0.4, 0.5) is 4.39 Å². The van der Waals surface area contributed by atoms with Crippen LogP contribution in [0.2, 0.25) is 0 Å². The molecule has 1 aromatic carbocycles. The number of nitrogens with one attached hydrogen (secondary N) is 1. The van der Waals surface area contributed by atoms with E-state index >= 15 is 0 Å². The van der Waals surface area contributed by atoms with Crippen molar-refractivity contribution in [1.29, 1.82) is 0 Å². The summed E-state index contributed by atoms with van der Waals surface area (Å²) in [6.07, 6.45) is 4.35. The summed E-state index contributed by atoms with van der Waals surface area (Å²) in [6, 6.07) is 8.98. The highest BCUT2D eigenvalue weighted by Crippen LogP contribution is 2.15. The summed E-state index contributed by atoms with van der Waals surface area (Å²) in [4.78, 5) is 12.1. The number of ether oxygens (including phenoxy) is 1. The lowest BCUT2D eigenvalue weighted by Gasteiger charge is -2.05. The molecule has 8 heteroatoms. The molecular formula is C18H17BrFN3O3. The van der Waals surface area contributed by atoms with Gasteiger partial charge >= 0.3 is 0 Å². The number of aryl methyl sites for hydroxylation is 1. The summed E-state index contributed by atoms with van der Waals surface area (Å²) in [5, 5.41) is 6.95. The number of nitrogens with zero attached hydrogens (tertiary/aromatic N) is 2. The molecule has 3 aromatic rings. The van der Waals surface area contributed by atoms with E-state index in [1.807, 2.05) is 6.20 Å². The third-order valence-corrected chi connectivity index (χ3v) is 3.94.